The number of allylic oxidation sites excluding steroid dienone is 3. The van der Waals surface area contributed by atoms with E-state index in [-0.39, 0.29) is 6.42 Å². The van der Waals surface area contributed by atoms with E-state index in [4.69, 9.17) is 9.47 Å². The molecule has 4 nitrogen and oxygen atoms in total. The molecule has 0 amide bonds. The van der Waals surface area contributed by atoms with E-state index in [0.29, 0.717) is 0 Å². The van der Waals surface area contributed by atoms with Crippen LogP contribution >= 0.6 is 0 Å². The molecule has 0 heterocycles. The van der Waals surface area contributed by atoms with E-state index in [1.807, 2.05) is 54.6 Å². The number of benzene rings is 2. The fraction of sp³-hybridized carbons (Fsp3) is 0.308. The predicted molar refractivity (Wildman–Crippen MR) is 119 cm³/mol. The summed E-state index contributed by atoms with van der Waals surface area (Å²) in [7, 11) is 0. The predicted octanol–water partition coefficient (Wildman–Crippen LogP) is 5.49. The molecule has 0 spiro atoms. The maximum absolute atomic E-state index is 13.2. The van der Waals surface area contributed by atoms with Gasteiger partial charge in [0, 0.05) is 0 Å². The first-order chi connectivity index (χ1) is 15.3. The Bertz CT molecular complexity index is 968. The minimum Gasteiger partial charge on any atom is -0.462 e. The van der Waals surface area contributed by atoms with Crippen molar-refractivity contribution >= 4 is 17.5 Å². The van der Waals surface area contributed by atoms with Crippen LogP contribution in [0.5, 0.6) is 0 Å². The third kappa shape index (κ3) is 5.49. The normalized spacial score (nSPS) is 16.6. The van der Waals surface area contributed by atoms with Crippen LogP contribution in [0.25, 0.3) is 16.7 Å². The van der Waals surface area contributed by atoms with Crippen LogP contribution in [0.2, 0.25) is 0 Å². The lowest BCUT2D eigenvalue weighted by Crippen LogP contribution is -2.42. The van der Waals surface area contributed by atoms with Crippen molar-refractivity contribution in [2.45, 2.75) is 32.6 Å². The van der Waals surface area contributed by atoms with Crippen molar-refractivity contribution in [3.63, 3.8) is 0 Å². The summed E-state index contributed by atoms with van der Waals surface area (Å²) < 4.78 is 36.3. The highest BCUT2D eigenvalue weighted by molar-refractivity contribution is 6.04. The molecule has 0 fully saturated rings. The molecule has 32 heavy (non-hydrogen) atoms. The molecular formula is C26H26F2O4. The second kappa shape index (κ2) is 10.4. The molecule has 0 saturated heterocycles. The summed E-state index contributed by atoms with van der Waals surface area (Å²) in [6.07, 6.45) is 2.00. The zero-order chi connectivity index (χ0) is 23.1. The molecule has 2 atom stereocenters. The van der Waals surface area contributed by atoms with Gasteiger partial charge in [0.05, 0.1) is 0 Å². The molecule has 0 N–H and O–H groups in total. The third-order valence-corrected chi connectivity index (χ3v) is 5.13. The van der Waals surface area contributed by atoms with Crippen LogP contribution in [-0.2, 0) is 19.1 Å². The molecule has 0 radical (unpaired) electrons. The quantitative estimate of drug-likeness (QED) is 0.403. The molecule has 0 unspecified atom stereocenters. The Morgan fingerprint density at radius 3 is 1.81 bits per heavy atom. The third-order valence-electron chi connectivity index (χ3n) is 5.13. The summed E-state index contributed by atoms with van der Waals surface area (Å²) in [4.78, 5) is 25.4. The lowest BCUT2D eigenvalue weighted by molar-refractivity contribution is -0.170. The van der Waals surface area contributed by atoms with Gasteiger partial charge in [-0.1, -0.05) is 72.8 Å². The van der Waals surface area contributed by atoms with Crippen LogP contribution in [0.4, 0.5) is 8.78 Å². The molecule has 0 aliphatic heterocycles. The van der Waals surface area contributed by atoms with Gasteiger partial charge in [-0.2, -0.15) is 0 Å². The van der Waals surface area contributed by atoms with Gasteiger partial charge in [0.2, 0.25) is 0 Å². The fourth-order valence-electron chi connectivity index (χ4n) is 3.36. The number of ether oxygens (including phenoxy) is 2. The van der Waals surface area contributed by atoms with Gasteiger partial charge < -0.3 is 9.47 Å². The van der Waals surface area contributed by atoms with Crippen LogP contribution in [0.15, 0.2) is 72.8 Å². The maximum atomic E-state index is 13.2. The van der Waals surface area contributed by atoms with Crippen LogP contribution in [-0.4, -0.2) is 37.5 Å². The van der Waals surface area contributed by atoms with E-state index in [2.05, 4.69) is 0 Å². The number of carbonyl (C=O) groups excluding carboxylic acids is 2. The Morgan fingerprint density at radius 2 is 1.34 bits per heavy atom. The smallest absolute Gasteiger partial charge is 0.327 e. The van der Waals surface area contributed by atoms with Gasteiger partial charge in [-0.25, -0.2) is 8.78 Å². The first-order valence-electron chi connectivity index (χ1n) is 10.5. The standard InChI is InChI=1S/C26H26F2O4/c1-18(27)16-31-24(29)26(25(30)32-17-19(2)28)14-12-23(13-15-26)22-10-8-21(9-11-22)20-6-4-3-5-7-20/h3-14,18-19H,15-17H2,1-2H3/t18-,19-/m0/s1. The number of rotatable bonds is 8. The summed E-state index contributed by atoms with van der Waals surface area (Å²) in [5.74, 6) is -1.83. The first-order valence-corrected chi connectivity index (χ1v) is 10.5. The molecule has 2 aromatic carbocycles. The summed E-state index contributed by atoms with van der Waals surface area (Å²) in [5, 5.41) is 0. The molecule has 6 heteroatoms. The zero-order valence-corrected chi connectivity index (χ0v) is 18.1. The largest absolute Gasteiger partial charge is 0.462 e. The van der Waals surface area contributed by atoms with E-state index >= 15 is 0 Å². The van der Waals surface area contributed by atoms with Crippen molar-refractivity contribution < 1.29 is 27.8 Å². The average molecular weight is 440 g/mol. The van der Waals surface area contributed by atoms with Gasteiger partial charge in [0.25, 0.3) is 0 Å². The van der Waals surface area contributed by atoms with Gasteiger partial charge >= 0.3 is 11.9 Å². The molecule has 1 aliphatic rings. The van der Waals surface area contributed by atoms with Crippen LogP contribution in [0, 0.1) is 5.41 Å². The number of esters is 2. The molecule has 168 valence electrons. The second-order valence-electron chi connectivity index (χ2n) is 7.87. The van der Waals surface area contributed by atoms with Crippen molar-refractivity contribution in [1.82, 2.24) is 0 Å². The van der Waals surface area contributed by atoms with E-state index in [0.717, 1.165) is 22.3 Å². The van der Waals surface area contributed by atoms with Crippen molar-refractivity contribution in [1.29, 1.82) is 0 Å². The first kappa shape index (κ1) is 23.4. The molecule has 0 bridgehead atoms. The molecule has 1 aliphatic carbocycles. The highest BCUT2D eigenvalue weighted by Gasteiger charge is 2.47. The van der Waals surface area contributed by atoms with Gasteiger partial charge in [0.15, 0.2) is 5.41 Å². The highest BCUT2D eigenvalue weighted by atomic mass is 19.1. The van der Waals surface area contributed by atoms with E-state index in [9.17, 15) is 18.4 Å². The summed E-state index contributed by atoms with van der Waals surface area (Å²) in [6.45, 7) is 1.55. The Labute approximate surface area is 186 Å². The molecule has 2 aromatic rings. The van der Waals surface area contributed by atoms with Crippen LogP contribution in [0.1, 0.15) is 25.8 Å². The Morgan fingerprint density at radius 1 is 0.844 bits per heavy atom. The lowest BCUT2D eigenvalue weighted by atomic mass is 9.79. The topological polar surface area (TPSA) is 52.6 Å². The minimum absolute atomic E-state index is 0.0295. The van der Waals surface area contributed by atoms with Gasteiger partial charge in [-0.15, -0.1) is 0 Å². The number of halogens is 2. The van der Waals surface area contributed by atoms with E-state index < -0.39 is 42.9 Å². The Kier molecular flexibility index (Phi) is 7.57. The molecule has 3 rings (SSSR count). The van der Waals surface area contributed by atoms with Gasteiger partial charge in [-0.05, 0) is 42.5 Å². The molecule has 0 aromatic heterocycles. The summed E-state index contributed by atoms with van der Waals surface area (Å²) in [5.41, 5.74) is 2.12. The molecule has 0 saturated carbocycles. The van der Waals surface area contributed by atoms with Crippen molar-refractivity contribution in [2.75, 3.05) is 13.2 Å². The second-order valence-corrected chi connectivity index (χ2v) is 7.87. The zero-order valence-electron chi connectivity index (χ0n) is 18.1. The minimum atomic E-state index is -1.77. The summed E-state index contributed by atoms with van der Waals surface area (Å²) in [6, 6.07) is 17.9. The van der Waals surface area contributed by atoms with Crippen molar-refractivity contribution in [3.05, 3.63) is 78.4 Å². The van der Waals surface area contributed by atoms with Gasteiger partial charge in [-0.3, -0.25) is 9.59 Å². The summed E-state index contributed by atoms with van der Waals surface area (Å²) >= 11 is 0. The van der Waals surface area contributed by atoms with Crippen LogP contribution in [0.3, 0.4) is 0 Å². The van der Waals surface area contributed by atoms with Crippen molar-refractivity contribution in [3.8, 4) is 11.1 Å². The number of hydrogen-bond acceptors (Lipinski definition) is 4. The van der Waals surface area contributed by atoms with E-state index in [1.165, 1.54) is 19.9 Å². The maximum Gasteiger partial charge on any atom is 0.327 e. The molecular weight excluding hydrogens is 414 g/mol. The fourth-order valence-corrected chi connectivity index (χ4v) is 3.36. The van der Waals surface area contributed by atoms with Crippen molar-refractivity contribution in [2.24, 2.45) is 5.41 Å². The monoisotopic (exact) mass is 440 g/mol. The number of hydrogen-bond donors (Lipinski definition) is 0. The SMILES string of the molecule is C[C@H](F)COC(=O)C1(C(=O)OC[C@H](C)F)C=CC(c2ccc(-c3ccccc3)cc2)=CC1. The number of alkyl halides is 2. The van der Waals surface area contributed by atoms with Gasteiger partial charge in [0.1, 0.15) is 25.6 Å². The number of carbonyl (C=O) groups is 2. The Hall–Kier alpha value is -3.28. The van der Waals surface area contributed by atoms with Crippen LogP contribution < -0.4 is 0 Å². The average Bonchev–Trinajstić information content (AvgIpc) is 2.81. The Balaban J connectivity index is 1.80. The lowest BCUT2D eigenvalue weighted by Gasteiger charge is -2.28. The highest BCUT2D eigenvalue weighted by Crippen LogP contribution is 2.36. The van der Waals surface area contributed by atoms with E-state index in [1.54, 1.807) is 12.2 Å².